The molecular weight excluding hydrogens is 224 g/mol. The normalized spacial score (nSPS) is 14.1. The van der Waals surface area contributed by atoms with Gasteiger partial charge >= 0.3 is 0 Å². The van der Waals surface area contributed by atoms with E-state index in [1.54, 1.807) is 0 Å². The van der Waals surface area contributed by atoms with Crippen LogP contribution < -0.4 is 11.1 Å². The second-order valence-corrected chi connectivity index (χ2v) is 5.06. The van der Waals surface area contributed by atoms with Crippen molar-refractivity contribution in [3.8, 4) is 0 Å². The van der Waals surface area contributed by atoms with E-state index in [2.05, 4.69) is 37.4 Å². The van der Waals surface area contributed by atoms with Gasteiger partial charge in [0.1, 0.15) is 0 Å². The van der Waals surface area contributed by atoms with Gasteiger partial charge in [0, 0.05) is 6.54 Å². The van der Waals surface area contributed by atoms with Crippen molar-refractivity contribution >= 4 is 5.91 Å². The summed E-state index contributed by atoms with van der Waals surface area (Å²) in [5.74, 6) is 0.147. The first kappa shape index (κ1) is 14.7. The first-order valence-corrected chi connectivity index (χ1v) is 6.55. The Labute approximate surface area is 110 Å². The Balaban J connectivity index is 2.57. The van der Waals surface area contributed by atoms with Crippen molar-refractivity contribution in [1.29, 1.82) is 0 Å². The zero-order valence-corrected chi connectivity index (χ0v) is 11.8. The summed E-state index contributed by atoms with van der Waals surface area (Å²) in [5, 5.41) is 2.91. The van der Waals surface area contributed by atoms with Gasteiger partial charge < -0.3 is 11.1 Å². The van der Waals surface area contributed by atoms with E-state index < -0.39 is 6.04 Å². The second-order valence-electron chi connectivity index (χ2n) is 5.06. The van der Waals surface area contributed by atoms with Gasteiger partial charge in [-0.15, -0.1) is 0 Å². The predicted octanol–water partition coefficient (Wildman–Crippen LogP) is 2.29. The van der Waals surface area contributed by atoms with Crippen molar-refractivity contribution in [2.75, 3.05) is 0 Å². The number of amides is 1. The van der Waals surface area contributed by atoms with E-state index >= 15 is 0 Å². The van der Waals surface area contributed by atoms with E-state index in [1.807, 2.05) is 13.8 Å². The van der Waals surface area contributed by atoms with Crippen LogP contribution in [0.4, 0.5) is 0 Å². The van der Waals surface area contributed by atoms with E-state index in [-0.39, 0.29) is 11.8 Å². The zero-order chi connectivity index (χ0) is 13.7. The molecule has 3 heteroatoms. The molecule has 3 nitrogen and oxygen atoms in total. The minimum atomic E-state index is -0.416. The number of carbonyl (C=O) groups excluding carboxylic acids is 1. The molecule has 0 aliphatic heterocycles. The number of aryl methyl sites for hydroxylation is 2. The largest absolute Gasteiger partial charge is 0.351 e. The van der Waals surface area contributed by atoms with Gasteiger partial charge in [0.2, 0.25) is 5.91 Å². The molecule has 0 radical (unpaired) electrons. The van der Waals surface area contributed by atoms with Crippen molar-refractivity contribution in [2.24, 2.45) is 11.7 Å². The van der Waals surface area contributed by atoms with Crippen molar-refractivity contribution in [3.63, 3.8) is 0 Å². The van der Waals surface area contributed by atoms with Gasteiger partial charge in [-0.05, 0) is 30.9 Å². The Kier molecular flexibility index (Phi) is 5.35. The van der Waals surface area contributed by atoms with E-state index in [9.17, 15) is 4.79 Å². The molecule has 3 N–H and O–H groups in total. The van der Waals surface area contributed by atoms with E-state index in [0.29, 0.717) is 6.54 Å². The molecule has 1 aromatic rings. The van der Waals surface area contributed by atoms with Gasteiger partial charge in [0.25, 0.3) is 0 Å². The van der Waals surface area contributed by atoms with E-state index in [1.165, 1.54) is 11.1 Å². The van der Waals surface area contributed by atoms with Crippen LogP contribution in [0.5, 0.6) is 0 Å². The average Bonchev–Trinajstić information content (AvgIpc) is 2.35. The predicted molar refractivity (Wildman–Crippen MR) is 75.2 cm³/mol. The third-order valence-corrected chi connectivity index (χ3v) is 3.51. The number of nitrogens with two attached hydrogens (primary N) is 1. The van der Waals surface area contributed by atoms with Gasteiger partial charge in [0.15, 0.2) is 0 Å². The Bertz CT molecular complexity index is 415. The smallest absolute Gasteiger partial charge is 0.237 e. The van der Waals surface area contributed by atoms with Crippen LogP contribution in [-0.2, 0) is 11.3 Å². The average molecular weight is 248 g/mol. The lowest BCUT2D eigenvalue weighted by Crippen LogP contribution is -2.44. The molecule has 1 rings (SSSR count). The molecule has 0 bridgehead atoms. The molecule has 100 valence electrons. The number of hydrogen-bond donors (Lipinski definition) is 2. The first-order chi connectivity index (χ1) is 8.45. The Morgan fingerprint density at radius 1 is 1.39 bits per heavy atom. The lowest BCUT2D eigenvalue weighted by Gasteiger charge is -2.18. The summed E-state index contributed by atoms with van der Waals surface area (Å²) >= 11 is 0. The van der Waals surface area contributed by atoms with Crippen LogP contribution in [0.1, 0.15) is 37.0 Å². The lowest BCUT2D eigenvalue weighted by atomic mass is 9.99. The minimum Gasteiger partial charge on any atom is -0.351 e. The van der Waals surface area contributed by atoms with Crippen LogP contribution in [-0.4, -0.2) is 11.9 Å². The Hall–Kier alpha value is -1.35. The van der Waals surface area contributed by atoms with Gasteiger partial charge in [-0.1, -0.05) is 44.0 Å². The third kappa shape index (κ3) is 3.84. The molecule has 2 atom stereocenters. The van der Waals surface area contributed by atoms with Crippen molar-refractivity contribution in [1.82, 2.24) is 5.32 Å². The van der Waals surface area contributed by atoms with Gasteiger partial charge in [0.05, 0.1) is 6.04 Å². The summed E-state index contributed by atoms with van der Waals surface area (Å²) in [7, 11) is 0. The molecule has 18 heavy (non-hydrogen) atoms. The number of hydrogen-bond acceptors (Lipinski definition) is 2. The van der Waals surface area contributed by atoms with E-state index in [4.69, 9.17) is 5.73 Å². The van der Waals surface area contributed by atoms with Gasteiger partial charge in [-0.25, -0.2) is 0 Å². The highest BCUT2D eigenvalue weighted by atomic mass is 16.2. The summed E-state index contributed by atoms with van der Waals surface area (Å²) in [5.41, 5.74) is 9.47. The maximum atomic E-state index is 11.9. The first-order valence-electron chi connectivity index (χ1n) is 6.55. The van der Waals surface area contributed by atoms with Crippen molar-refractivity contribution in [3.05, 3.63) is 34.9 Å². The molecule has 1 aromatic carbocycles. The number of carbonyl (C=O) groups is 1. The Morgan fingerprint density at radius 3 is 2.61 bits per heavy atom. The summed E-state index contributed by atoms with van der Waals surface area (Å²) < 4.78 is 0. The highest BCUT2D eigenvalue weighted by Gasteiger charge is 2.18. The van der Waals surface area contributed by atoms with Crippen LogP contribution in [0, 0.1) is 19.8 Å². The van der Waals surface area contributed by atoms with Crippen molar-refractivity contribution in [2.45, 2.75) is 46.7 Å². The monoisotopic (exact) mass is 248 g/mol. The molecule has 0 spiro atoms. The maximum absolute atomic E-state index is 11.9. The lowest BCUT2D eigenvalue weighted by molar-refractivity contribution is -0.123. The molecule has 0 aliphatic rings. The molecule has 1 amide bonds. The summed E-state index contributed by atoms with van der Waals surface area (Å²) in [6, 6.07) is 5.82. The fraction of sp³-hybridized carbons (Fsp3) is 0.533. The molecular formula is C15H24N2O. The zero-order valence-electron chi connectivity index (χ0n) is 11.8. The number of benzene rings is 1. The van der Waals surface area contributed by atoms with Gasteiger partial charge in [-0.2, -0.15) is 0 Å². The summed E-state index contributed by atoms with van der Waals surface area (Å²) in [6.45, 7) is 8.72. The molecule has 2 unspecified atom stereocenters. The maximum Gasteiger partial charge on any atom is 0.237 e. The van der Waals surface area contributed by atoms with Crippen molar-refractivity contribution < 1.29 is 4.79 Å². The summed E-state index contributed by atoms with van der Waals surface area (Å²) in [4.78, 5) is 11.9. The number of nitrogens with one attached hydrogen (secondary N) is 1. The van der Waals surface area contributed by atoms with Crippen LogP contribution in [0.2, 0.25) is 0 Å². The van der Waals surface area contributed by atoms with Crippen LogP contribution >= 0.6 is 0 Å². The SMILES string of the molecule is CCC(C)C(N)C(=O)NCc1ccc(C)cc1C. The molecule has 0 aromatic heterocycles. The highest BCUT2D eigenvalue weighted by molar-refractivity contribution is 5.81. The number of rotatable bonds is 5. The topological polar surface area (TPSA) is 55.1 Å². The molecule has 0 aliphatic carbocycles. The fourth-order valence-corrected chi connectivity index (χ4v) is 1.86. The molecule has 0 saturated heterocycles. The fourth-order valence-electron chi connectivity index (χ4n) is 1.86. The van der Waals surface area contributed by atoms with Crippen LogP contribution in [0.3, 0.4) is 0 Å². The minimum absolute atomic E-state index is 0.0654. The quantitative estimate of drug-likeness (QED) is 0.840. The van der Waals surface area contributed by atoms with E-state index in [0.717, 1.165) is 12.0 Å². The van der Waals surface area contributed by atoms with Crippen LogP contribution in [0.15, 0.2) is 18.2 Å². The Morgan fingerprint density at radius 2 is 2.06 bits per heavy atom. The molecule has 0 saturated carbocycles. The van der Waals surface area contributed by atoms with Gasteiger partial charge in [-0.3, -0.25) is 4.79 Å². The second kappa shape index (κ2) is 6.55. The third-order valence-electron chi connectivity index (χ3n) is 3.51. The standard InChI is InChI=1S/C15H24N2O/c1-5-11(3)14(16)15(18)17-9-13-7-6-10(2)8-12(13)4/h6-8,11,14H,5,9,16H2,1-4H3,(H,17,18). The van der Waals surface area contributed by atoms with Crippen LogP contribution in [0.25, 0.3) is 0 Å². The summed E-state index contributed by atoms with van der Waals surface area (Å²) in [6.07, 6.45) is 0.915. The highest BCUT2D eigenvalue weighted by Crippen LogP contribution is 2.11. The molecule has 0 fully saturated rings. The molecule has 0 heterocycles.